The quantitative estimate of drug-likeness (QED) is 0.268. The second-order valence-corrected chi connectivity index (χ2v) is 7.68. The lowest BCUT2D eigenvalue weighted by molar-refractivity contribution is 0.798. The van der Waals surface area contributed by atoms with Gasteiger partial charge in [-0.25, -0.2) is 9.98 Å². The number of aromatic amines is 1. The second-order valence-electron chi connectivity index (χ2n) is 6.40. The predicted octanol–water partition coefficient (Wildman–Crippen LogP) is 4.47. The highest BCUT2D eigenvalue weighted by Crippen LogP contribution is 2.22. The Bertz CT molecular complexity index is 893. The van der Waals surface area contributed by atoms with Gasteiger partial charge in [-0.05, 0) is 45.7 Å². The first-order valence-corrected chi connectivity index (χ1v) is 9.91. The summed E-state index contributed by atoms with van der Waals surface area (Å²) >= 11 is 1.72. The van der Waals surface area contributed by atoms with Gasteiger partial charge in [-0.1, -0.05) is 18.2 Å². The van der Waals surface area contributed by atoms with Crippen LogP contribution < -0.4 is 10.6 Å². The van der Waals surface area contributed by atoms with Crippen molar-refractivity contribution in [2.24, 2.45) is 4.99 Å². The summed E-state index contributed by atoms with van der Waals surface area (Å²) in [6, 6.07) is 8.47. The number of para-hydroxylation sites is 1. The number of aliphatic imine (C=N–C) groups is 1. The molecule has 3 rings (SSSR count). The van der Waals surface area contributed by atoms with Gasteiger partial charge in [-0.2, -0.15) is 0 Å². The molecule has 0 aliphatic rings. The molecule has 0 bridgehead atoms. The Balaban J connectivity index is 0.00000261. The minimum Gasteiger partial charge on any atom is -0.358 e. The molecular formula is C20H28IN5S. The Morgan fingerprint density at radius 1 is 1.19 bits per heavy atom. The van der Waals surface area contributed by atoms with Crippen molar-refractivity contribution in [3.63, 3.8) is 0 Å². The smallest absolute Gasteiger partial charge is 0.191 e. The van der Waals surface area contributed by atoms with E-state index in [1.165, 1.54) is 27.0 Å². The van der Waals surface area contributed by atoms with Crippen LogP contribution in [0.2, 0.25) is 0 Å². The van der Waals surface area contributed by atoms with E-state index in [-0.39, 0.29) is 24.0 Å². The Morgan fingerprint density at radius 2 is 1.96 bits per heavy atom. The molecule has 2 aromatic heterocycles. The van der Waals surface area contributed by atoms with Crippen LogP contribution in [0.5, 0.6) is 0 Å². The molecule has 0 saturated heterocycles. The summed E-state index contributed by atoms with van der Waals surface area (Å²) in [5, 5.41) is 9.13. The number of H-pyrrole nitrogens is 1. The molecule has 2 heterocycles. The van der Waals surface area contributed by atoms with Gasteiger partial charge in [0.25, 0.3) is 0 Å². The van der Waals surface area contributed by atoms with Gasteiger partial charge in [0, 0.05) is 34.6 Å². The van der Waals surface area contributed by atoms with Crippen molar-refractivity contribution >= 4 is 52.2 Å². The molecule has 3 aromatic rings. The SMILES string of the molecule is CCNC(=NCc1nc(C)c(C)s1)NCCc1c(C)[nH]c2ccccc12.I. The van der Waals surface area contributed by atoms with Crippen molar-refractivity contribution in [3.8, 4) is 0 Å². The second kappa shape index (κ2) is 10.1. The van der Waals surface area contributed by atoms with E-state index in [9.17, 15) is 0 Å². The molecule has 0 fully saturated rings. The Morgan fingerprint density at radius 3 is 2.67 bits per heavy atom. The maximum atomic E-state index is 4.68. The molecule has 0 saturated carbocycles. The van der Waals surface area contributed by atoms with Crippen LogP contribution in [-0.4, -0.2) is 29.0 Å². The number of hydrogen-bond donors (Lipinski definition) is 3. The van der Waals surface area contributed by atoms with Gasteiger partial charge < -0.3 is 15.6 Å². The van der Waals surface area contributed by atoms with Crippen LogP contribution in [0, 0.1) is 20.8 Å². The van der Waals surface area contributed by atoms with E-state index in [1.54, 1.807) is 11.3 Å². The summed E-state index contributed by atoms with van der Waals surface area (Å²) in [6.07, 6.45) is 0.954. The molecule has 5 nitrogen and oxygen atoms in total. The van der Waals surface area contributed by atoms with Crippen LogP contribution in [-0.2, 0) is 13.0 Å². The van der Waals surface area contributed by atoms with E-state index in [4.69, 9.17) is 0 Å². The molecule has 3 N–H and O–H groups in total. The number of fused-ring (bicyclic) bond motifs is 1. The number of hydrogen-bond acceptors (Lipinski definition) is 3. The number of halogens is 1. The van der Waals surface area contributed by atoms with Gasteiger partial charge >= 0.3 is 0 Å². The number of nitrogens with zero attached hydrogens (tertiary/aromatic N) is 2. The molecular weight excluding hydrogens is 469 g/mol. The first kappa shape index (κ1) is 21.7. The molecule has 0 atom stereocenters. The van der Waals surface area contributed by atoms with Crippen molar-refractivity contribution in [1.82, 2.24) is 20.6 Å². The maximum Gasteiger partial charge on any atom is 0.191 e. The van der Waals surface area contributed by atoms with Gasteiger partial charge in [0.05, 0.1) is 12.2 Å². The Hall–Kier alpha value is -1.61. The van der Waals surface area contributed by atoms with Crippen LogP contribution in [0.15, 0.2) is 29.3 Å². The maximum absolute atomic E-state index is 4.68. The minimum absolute atomic E-state index is 0. The molecule has 7 heteroatoms. The Labute approximate surface area is 182 Å². The highest BCUT2D eigenvalue weighted by atomic mass is 127. The van der Waals surface area contributed by atoms with E-state index in [2.05, 4.69) is 70.6 Å². The fraction of sp³-hybridized carbons (Fsp3) is 0.400. The van der Waals surface area contributed by atoms with Crippen molar-refractivity contribution in [2.45, 2.75) is 40.7 Å². The highest BCUT2D eigenvalue weighted by molar-refractivity contribution is 14.0. The number of aromatic nitrogens is 2. The lowest BCUT2D eigenvalue weighted by Gasteiger charge is -2.11. The summed E-state index contributed by atoms with van der Waals surface area (Å²) in [4.78, 5) is 14.0. The molecule has 0 aliphatic heterocycles. The van der Waals surface area contributed by atoms with E-state index < -0.39 is 0 Å². The normalized spacial score (nSPS) is 11.5. The van der Waals surface area contributed by atoms with Gasteiger partial charge in [-0.3, -0.25) is 0 Å². The number of benzene rings is 1. The predicted molar refractivity (Wildman–Crippen MR) is 127 cm³/mol. The molecule has 0 aliphatic carbocycles. The summed E-state index contributed by atoms with van der Waals surface area (Å²) in [5.74, 6) is 0.843. The standard InChI is InChI=1S/C20H27N5S.HI/c1-5-21-20(23-12-19-25-13(2)15(4)26-19)22-11-10-16-14(3)24-18-9-7-6-8-17(16)18;/h6-9,24H,5,10-12H2,1-4H3,(H2,21,22,23);1H. The third-order valence-corrected chi connectivity index (χ3v) is 5.54. The molecule has 1 aromatic carbocycles. The van der Waals surface area contributed by atoms with E-state index in [0.29, 0.717) is 6.54 Å². The summed E-state index contributed by atoms with van der Waals surface area (Å²) in [7, 11) is 0. The summed E-state index contributed by atoms with van der Waals surface area (Å²) in [5.41, 5.74) is 4.92. The third-order valence-electron chi connectivity index (χ3n) is 4.48. The molecule has 0 amide bonds. The zero-order valence-corrected chi connectivity index (χ0v) is 19.5. The average Bonchev–Trinajstić information content (AvgIpc) is 3.11. The zero-order chi connectivity index (χ0) is 18.5. The number of guanidine groups is 1. The first-order valence-electron chi connectivity index (χ1n) is 9.09. The monoisotopic (exact) mass is 497 g/mol. The van der Waals surface area contributed by atoms with Gasteiger partial charge in [0.15, 0.2) is 5.96 Å². The lowest BCUT2D eigenvalue weighted by Crippen LogP contribution is -2.38. The van der Waals surface area contributed by atoms with E-state index in [0.717, 1.165) is 36.2 Å². The van der Waals surface area contributed by atoms with Crippen LogP contribution >= 0.6 is 35.3 Å². The van der Waals surface area contributed by atoms with Crippen LogP contribution in [0.1, 0.15) is 33.8 Å². The van der Waals surface area contributed by atoms with Crippen LogP contribution in [0.4, 0.5) is 0 Å². The van der Waals surface area contributed by atoms with Crippen molar-refractivity contribution in [3.05, 3.63) is 51.1 Å². The molecule has 27 heavy (non-hydrogen) atoms. The largest absolute Gasteiger partial charge is 0.358 e. The summed E-state index contributed by atoms with van der Waals surface area (Å²) in [6.45, 7) is 10.7. The fourth-order valence-electron chi connectivity index (χ4n) is 3.06. The van der Waals surface area contributed by atoms with Gasteiger partial charge in [-0.15, -0.1) is 35.3 Å². The van der Waals surface area contributed by atoms with Gasteiger partial charge in [0.1, 0.15) is 5.01 Å². The molecule has 0 unspecified atom stereocenters. The number of thiazole rings is 1. The first-order chi connectivity index (χ1) is 12.6. The van der Waals surface area contributed by atoms with Gasteiger partial charge in [0.2, 0.25) is 0 Å². The topological polar surface area (TPSA) is 65.1 Å². The fourth-order valence-corrected chi connectivity index (χ4v) is 3.92. The molecule has 0 spiro atoms. The number of aryl methyl sites for hydroxylation is 3. The highest BCUT2D eigenvalue weighted by Gasteiger charge is 2.08. The van der Waals surface area contributed by atoms with E-state index in [1.807, 2.05) is 6.92 Å². The van der Waals surface area contributed by atoms with Crippen molar-refractivity contribution in [2.75, 3.05) is 13.1 Å². The molecule has 0 radical (unpaired) electrons. The zero-order valence-electron chi connectivity index (χ0n) is 16.3. The van der Waals surface area contributed by atoms with Crippen molar-refractivity contribution < 1.29 is 0 Å². The summed E-state index contributed by atoms with van der Waals surface area (Å²) < 4.78 is 0. The number of rotatable bonds is 6. The Kier molecular flexibility index (Phi) is 8.09. The molecule has 146 valence electrons. The van der Waals surface area contributed by atoms with Crippen LogP contribution in [0.3, 0.4) is 0 Å². The third kappa shape index (κ3) is 5.44. The van der Waals surface area contributed by atoms with Crippen LogP contribution in [0.25, 0.3) is 10.9 Å². The van der Waals surface area contributed by atoms with E-state index >= 15 is 0 Å². The van der Waals surface area contributed by atoms with Crippen molar-refractivity contribution in [1.29, 1.82) is 0 Å². The average molecular weight is 497 g/mol. The lowest BCUT2D eigenvalue weighted by atomic mass is 10.1. The minimum atomic E-state index is 0. The number of nitrogens with one attached hydrogen (secondary N) is 3.